The topological polar surface area (TPSA) is 64.4 Å². The summed E-state index contributed by atoms with van der Waals surface area (Å²) in [4.78, 5) is 26.5. The van der Waals surface area contributed by atoms with Crippen molar-refractivity contribution in [3.8, 4) is 5.75 Å². The average Bonchev–Trinajstić information content (AvgIpc) is 2.89. The van der Waals surface area contributed by atoms with Crippen LogP contribution in [0.25, 0.3) is 0 Å². The molecule has 3 rings (SSSR count). The highest BCUT2D eigenvalue weighted by Gasteiger charge is 2.28. The number of nitrogens with zero attached hydrogens (tertiary/aromatic N) is 3. The lowest BCUT2D eigenvalue weighted by atomic mass is 10.0. The second-order valence-electron chi connectivity index (χ2n) is 6.32. The summed E-state index contributed by atoms with van der Waals surface area (Å²) in [5, 5.41) is 4.13. The zero-order chi connectivity index (χ0) is 17.8. The van der Waals surface area contributed by atoms with E-state index in [1.54, 1.807) is 14.2 Å². The quantitative estimate of drug-likeness (QED) is 0.861. The van der Waals surface area contributed by atoms with Crippen molar-refractivity contribution >= 4 is 5.91 Å². The Morgan fingerprint density at radius 1 is 1.12 bits per heavy atom. The van der Waals surface area contributed by atoms with Crippen LogP contribution < -0.4 is 10.3 Å². The third-order valence-electron chi connectivity index (χ3n) is 4.69. The molecule has 2 heterocycles. The van der Waals surface area contributed by atoms with Crippen LogP contribution >= 0.6 is 0 Å². The van der Waals surface area contributed by atoms with E-state index in [1.807, 2.05) is 29.2 Å². The van der Waals surface area contributed by atoms with Crippen molar-refractivity contribution in [3.63, 3.8) is 0 Å². The lowest BCUT2D eigenvalue weighted by Gasteiger charge is -2.30. The summed E-state index contributed by atoms with van der Waals surface area (Å²) in [5.41, 5.74) is 1.18. The number of hydrogen-bond donors (Lipinski definition) is 0. The Labute approximate surface area is 147 Å². The molecule has 0 bridgehead atoms. The minimum Gasteiger partial charge on any atom is -0.497 e. The monoisotopic (exact) mass is 341 g/mol. The smallest absolute Gasteiger partial charge is 0.274 e. The first-order chi connectivity index (χ1) is 12.1. The van der Waals surface area contributed by atoms with Gasteiger partial charge in [-0.25, -0.2) is 4.68 Å². The van der Waals surface area contributed by atoms with Gasteiger partial charge >= 0.3 is 0 Å². The highest BCUT2D eigenvalue weighted by Crippen LogP contribution is 2.32. The predicted molar refractivity (Wildman–Crippen MR) is 94.7 cm³/mol. The van der Waals surface area contributed by atoms with Gasteiger partial charge in [0.15, 0.2) is 0 Å². The minimum absolute atomic E-state index is 0.0138. The summed E-state index contributed by atoms with van der Waals surface area (Å²) in [7, 11) is 3.20. The van der Waals surface area contributed by atoms with Crippen molar-refractivity contribution in [1.29, 1.82) is 0 Å². The van der Waals surface area contributed by atoms with Crippen molar-refractivity contribution in [1.82, 2.24) is 14.7 Å². The maximum atomic E-state index is 13.0. The Hall–Kier alpha value is -2.63. The Balaban J connectivity index is 1.92. The molecule has 0 saturated carbocycles. The standard InChI is InChI=1S/C19H23N3O3/c1-21-18(23)12-11-16(20-21)19(24)22-13-5-3-4-6-17(22)14-7-9-15(25-2)10-8-14/h7-12,17H,3-6,13H2,1-2H3. The fourth-order valence-electron chi connectivity index (χ4n) is 3.29. The fraction of sp³-hybridized carbons (Fsp3) is 0.421. The fourth-order valence-corrected chi connectivity index (χ4v) is 3.29. The van der Waals surface area contributed by atoms with Crippen LogP contribution in [0, 0.1) is 0 Å². The van der Waals surface area contributed by atoms with Gasteiger partial charge < -0.3 is 9.64 Å². The van der Waals surface area contributed by atoms with Gasteiger partial charge in [0.05, 0.1) is 13.2 Å². The van der Waals surface area contributed by atoms with Gasteiger partial charge in [-0.15, -0.1) is 0 Å². The molecule has 0 radical (unpaired) electrons. The molecule has 1 aliphatic rings. The van der Waals surface area contributed by atoms with Crippen molar-refractivity contribution in [3.05, 3.63) is 58.0 Å². The second-order valence-corrected chi connectivity index (χ2v) is 6.32. The largest absolute Gasteiger partial charge is 0.497 e. The van der Waals surface area contributed by atoms with Gasteiger partial charge in [-0.3, -0.25) is 9.59 Å². The van der Waals surface area contributed by atoms with E-state index in [0.717, 1.165) is 37.0 Å². The van der Waals surface area contributed by atoms with Crippen molar-refractivity contribution < 1.29 is 9.53 Å². The second kappa shape index (κ2) is 7.51. The van der Waals surface area contributed by atoms with E-state index in [1.165, 1.54) is 16.8 Å². The van der Waals surface area contributed by atoms with Gasteiger partial charge in [-0.05, 0) is 36.6 Å². The Kier molecular flexibility index (Phi) is 5.16. The van der Waals surface area contributed by atoms with Gasteiger partial charge in [-0.1, -0.05) is 25.0 Å². The first-order valence-electron chi connectivity index (χ1n) is 8.59. The van der Waals surface area contributed by atoms with Gasteiger partial charge in [0.25, 0.3) is 11.5 Å². The molecule has 132 valence electrons. The third kappa shape index (κ3) is 3.73. The molecule has 0 aliphatic carbocycles. The molecule has 2 aromatic rings. The van der Waals surface area contributed by atoms with Gasteiger partial charge in [0.1, 0.15) is 11.4 Å². The lowest BCUT2D eigenvalue weighted by Crippen LogP contribution is -2.36. The van der Waals surface area contributed by atoms with E-state index in [9.17, 15) is 9.59 Å². The molecule has 1 unspecified atom stereocenters. The molecule has 1 aromatic carbocycles. The Morgan fingerprint density at radius 3 is 2.56 bits per heavy atom. The molecule has 25 heavy (non-hydrogen) atoms. The lowest BCUT2D eigenvalue weighted by molar-refractivity contribution is 0.0672. The summed E-state index contributed by atoms with van der Waals surface area (Å²) in [6, 6.07) is 10.8. The van der Waals surface area contributed by atoms with Crippen LogP contribution in [0.1, 0.15) is 47.8 Å². The van der Waals surface area contributed by atoms with Crippen LogP contribution in [0.5, 0.6) is 5.75 Å². The number of rotatable bonds is 3. The molecule has 1 aliphatic heterocycles. The van der Waals surface area contributed by atoms with E-state index >= 15 is 0 Å². The number of benzene rings is 1. The maximum Gasteiger partial charge on any atom is 0.274 e. The summed E-state index contributed by atoms with van der Waals surface area (Å²) in [6.07, 6.45) is 4.09. The zero-order valence-corrected chi connectivity index (χ0v) is 14.6. The average molecular weight is 341 g/mol. The number of aromatic nitrogens is 2. The summed E-state index contributed by atoms with van der Waals surface area (Å²) in [6.45, 7) is 0.694. The molecule has 6 heteroatoms. The number of amides is 1. The number of likely N-dealkylation sites (tertiary alicyclic amines) is 1. The van der Waals surface area contributed by atoms with Crippen LogP contribution in [0.2, 0.25) is 0 Å². The van der Waals surface area contributed by atoms with E-state index in [4.69, 9.17) is 4.74 Å². The molecule has 6 nitrogen and oxygen atoms in total. The predicted octanol–water partition coefficient (Wildman–Crippen LogP) is 2.55. The van der Waals surface area contributed by atoms with E-state index < -0.39 is 0 Å². The summed E-state index contributed by atoms with van der Waals surface area (Å²) < 4.78 is 6.43. The van der Waals surface area contributed by atoms with Crippen LogP contribution in [-0.4, -0.2) is 34.2 Å². The van der Waals surface area contributed by atoms with Crippen molar-refractivity contribution in [2.24, 2.45) is 7.05 Å². The highest BCUT2D eigenvalue weighted by atomic mass is 16.5. The number of carbonyl (C=O) groups excluding carboxylic acids is 1. The normalized spacial score (nSPS) is 17.8. The van der Waals surface area contributed by atoms with Crippen molar-refractivity contribution in [2.75, 3.05) is 13.7 Å². The van der Waals surface area contributed by atoms with E-state index in [-0.39, 0.29) is 17.5 Å². The molecule has 1 aromatic heterocycles. The van der Waals surface area contributed by atoms with Crippen LogP contribution in [0.3, 0.4) is 0 Å². The van der Waals surface area contributed by atoms with Crippen molar-refractivity contribution in [2.45, 2.75) is 31.7 Å². The number of carbonyl (C=O) groups is 1. The first kappa shape index (κ1) is 17.2. The Morgan fingerprint density at radius 2 is 1.88 bits per heavy atom. The molecule has 1 saturated heterocycles. The highest BCUT2D eigenvalue weighted by molar-refractivity contribution is 5.92. The number of ether oxygens (including phenoxy) is 1. The third-order valence-corrected chi connectivity index (χ3v) is 4.69. The molecule has 0 spiro atoms. The molecule has 0 N–H and O–H groups in total. The summed E-state index contributed by atoms with van der Waals surface area (Å²) in [5.74, 6) is 0.674. The molecule has 1 atom stereocenters. The maximum absolute atomic E-state index is 13.0. The summed E-state index contributed by atoms with van der Waals surface area (Å²) >= 11 is 0. The molecule has 1 amide bonds. The molecule has 1 fully saturated rings. The van der Waals surface area contributed by atoms with E-state index in [2.05, 4.69) is 5.10 Å². The van der Waals surface area contributed by atoms with Gasteiger partial charge in [-0.2, -0.15) is 5.10 Å². The zero-order valence-electron chi connectivity index (χ0n) is 14.6. The van der Waals surface area contributed by atoms with E-state index in [0.29, 0.717) is 12.2 Å². The van der Waals surface area contributed by atoms with Crippen LogP contribution in [0.4, 0.5) is 0 Å². The molecular weight excluding hydrogens is 318 g/mol. The van der Waals surface area contributed by atoms with Crippen LogP contribution in [0.15, 0.2) is 41.2 Å². The number of methoxy groups -OCH3 is 1. The SMILES string of the molecule is COc1ccc(C2CCCCCN2C(=O)c2ccc(=O)n(C)n2)cc1. The molecular formula is C19H23N3O3. The first-order valence-corrected chi connectivity index (χ1v) is 8.59. The van der Waals surface area contributed by atoms with Gasteiger partial charge in [0.2, 0.25) is 0 Å². The Bertz CT molecular complexity index is 798. The minimum atomic E-state index is -0.223. The number of hydrogen-bond acceptors (Lipinski definition) is 4. The van der Waals surface area contributed by atoms with Gasteiger partial charge in [0, 0.05) is 19.7 Å². The number of aryl methyl sites for hydroxylation is 1. The van der Waals surface area contributed by atoms with Crippen LogP contribution in [-0.2, 0) is 7.05 Å².